The molecule has 0 aromatic rings. The predicted molar refractivity (Wildman–Crippen MR) is 58.0 cm³/mol. The number of nitriles is 1. The van der Waals surface area contributed by atoms with E-state index in [0.717, 1.165) is 39.0 Å². The van der Waals surface area contributed by atoms with Gasteiger partial charge in [-0.2, -0.15) is 5.26 Å². The first kappa shape index (κ1) is 11.5. The first-order valence-electron chi connectivity index (χ1n) is 5.53. The van der Waals surface area contributed by atoms with E-state index in [4.69, 9.17) is 0 Å². The van der Waals surface area contributed by atoms with E-state index in [2.05, 4.69) is 36.8 Å². The van der Waals surface area contributed by atoms with Crippen LogP contribution in [-0.2, 0) is 0 Å². The molecule has 0 aromatic heterocycles. The molecule has 1 rings (SSSR count). The minimum absolute atomic E-state index is 0.207. The van der Waals surface area contributed by atoms with Gasteiger partial charge in [-0.1, -0.05) is 13.8 Å². The number of hydrogen-bond acceptors (Lipinski definition) is 3. The largest absolute Gasteiger partial charge is 0.304 e. The second-order valence-corrected chi connectivity index (χ2v) is 4.14. The van der Waals surface area contributed by atoms with Gasteiger partial charge in [0.05, 0.1) is 6.07 Å². The summed E-state index contributed by atoms with van der Waals surface area (Å²) in [6.45, 7) is 8.47. The fourth-order valence-corrected chi connectivity index (χ4v) is 2.16. The first-order valence-corrected chi connectivity index (χ1v) is 5.53. The average molecular weight is 195 g/mol. The lowest BCUT2D eigenvalue weighted by molar-refractivity contribution is 0.0683. The summed E-state index contributed by atoms with van der Waals surface area (Å²) in [6.07, 6.45) is 1.87. The Labute approximate surface area is 87.3 Å². The van der Waals surface area contributed by atoms with Gasteiger partial charge in [0.1, 0.15) is 5.54 Å². The Bertz CT molecular complexity index is 207. The van der Waals surface area contributed by atoms with Crippen molar-refractivity contribution in [3.63, 3.8) is 0 Å². The maximum Gasteiger partial charge on any atom is 0.108 e. The molecule has 0 aromatic carbocycles. The van der Waals surface area contributed by atoms with E-state index in [1.54, 1.807) is 0 Å². The van der Waals surface area contributed by atoms with Crippen LogP contribution in [0, 0.1) is 11.3 Å². The van der Waals surface area contributed by atoms with Crippen LogP contribution in [0.5, 0.6) is 0 Å². The Hall–Kier alpha value is -0.590. The van der Waals surface area contributed by atoms with Crippen LogP contribution in [0.2, 0.25) is 0 Å². The molecule has 0 atom stereocenters. The van der Waals surface area contributed by atoms with Crippen molar-refractivity contribution in [2.45, 2.75) is 32.2 Å². The van der Waals surface area contributed by atoms with Crippen molar-refractivity contribution in [1.82, 2.24) is 9.80 Å². The van der Waals surface area contributed by atoms with Gasteiger partial charge in [0.15, 0.2) is 0 Å². The van der Waals surface area contributed by atoms with Crippen molar-refractivity contribution in [3.8, 4) is 6.07 Å². The molecule has 0 radical (unpaired) electrons. The fourth-order valence-electron chi connectivity index (χ4n) is 2.16. The van der Waals surface area contributed by atoms with Gasteiger partial charge in [-0.05, 0) is 19.9 Å². The van der Waals surface area contributed by atoms with Gasteiger partial charge in [-0.15, -0.1) is 0 Å². The summed E-state index contributed by atoms with van der Waals surface area (Å²) in [4.78, 5) is 4.68. The van der Waals surface area contributed by atoms with E-state index in [1.165, 1.54) is 0 Å². The van der Waals surface area contributed by atoms with Crippen LogP contribution in [0.3, 0.4) is 0 Å². The number of rotatable bonds is 3. The van der Waals surface area contributed by atoms with E-state index in [-0.39, 0.29) is 5.54 Å². The van der Waals surface area contributed by atoms with Crippen molar-refractivity contribution < 1.29 is 0 Å². The van der Waals surface area contributed by atoms with E-state index in [9.17, 15) is 5.26 Å². The number of nitrogens with zero attached hydrogens (tertiary/aromatic N) is 3. The van der Waals surface area contributed by atoms with Gasteiger partial charge < -0.3 is 4.90 Å². The zero-order chi connectivity index (χ0) is 10.6. The van der Waals surface area contributed by atoms with Crippen LogP contribution >= 0.6 is 0 Å². The Morgan fingerprint density at radius 3 is 2.00 bits per heavy atom. The summed E-state index contributed by atoms with van der Waals surface area (Å²) >= 11 is 0. The lowest BCUT2D eigenvalue weighted by atomic mass is 9.91. The van der Waals surface area contributed by atoms with Crippen LogP contribution in [0.1, 0.15) is 26.7 Å². The molecule has 3 heteroatoms. The lowest BCUT2D eigenvalue weighted by Gasteiger charge is -2.42. The van der Waals surface area contributed by atoms with Gasteiger partial charge in [-0.3, -0.25) is 4.90 Å². The third kappa shape index (κ3) is 2.08. The summed E-state index contributed by atoms with van der Waals surface area (Å²) in [7, 11) is 2.14. The van der Waals surface area contributed by atoms with Crippen molar-refractivity contribution in [3.05, 3.63) is 0 Å². The quantitative estimate of drug-likeness (QED) is 0.680. The summed E-state index contributed by atoms with van der Waals surface area (Å²) in [5, 5.41) is 9.29. The second-order valence-electron chi connectivity index (χ2n) is 4.14. The highest BCUT2D eigenvalue weighted by atomic mass is 15.3. The molecule has 0 saturated carbocycles. The topological polar surface area (TPSA) is 30.3 Å². The lowest BCUT2D eigenvalue weighted by Crippen LogP contribution is -2.55. The van der Waals surface area contributed by atoms with E-state index >= 15 is 0 Å². The third-order valence-electron chi connectivity index (χ3n) is 3.49. The predicted octanol–water partition coefficient (Wildman–Crippen LogP) is 1.32. The normalized spacial score (nSPS) is 20.7. The number of hydrogen-bond donors (Lipinski definition) is 0. The van der Waals surface area contributed by atoms with E-state index in [1.807, 2.05) is 0 Å². The Morgan fingerprint density at radius 1 is 1.14 bits per heavy atom. The molecule has 0 unspecified atom stereocenters. The van der Waals surface area contributed by atoms with Gasteiger partial charge in [0.25, 0.3) is 0 Å². The zero-order valence-corrected chi connectivity index (χ0v) is 9.58. The van der Waals surface area contributed by atoms with Crippen molar-refractivity contribution in [2.24, 2.45) is 0 Å². The van der Waals surface area contributed by atoms with Crippen molar-refractivity contribution in [1.29, 1.82) is 5.26 Å². The average Bonchev–Trinajstić information content (AvgIpc) is 2.24. The first-order chi connectivity index (χ1) is 6.68. The molecule has 1 fully saturated rings. The van der Waals surface area contributed by atoms with Crippen LogP contribution in [0.25, 0.3) is 0 Å². The molecule has 1 aliphatic rings. The minimum Gasteiger partial charge on any atom is -0.304 e. The maximum atomic E-state index is 9.29. The monoisotopic (exact) mass is 195 g/mol. The smallest absolute Gasteiger partial charge is 0.108 e. The van der Waals surface area contributed by atoms with Crippen LogP contribution < -0.4 is 0 Å². The molecule has 1 aliphatic heterocycles. The standard InChI is InChI=1S/C11H21N3/c1-4-11(5-2,10-12)14-8-6-13(3)7-9-14/h4-9H2,1-3H3. The Kier molecular flexibility index (Phi) is 3.91. The summed E-state index contributed by atoms with van der Waals surface area (Å²) in [6, 6.07) is 2.51. The summed E-state index contributed by atoms with van der Waals surface area (Å²) in [5.74, 6) is 0. The highest BCUT2D eigenvalue weighted by Gasteiger charge is 2.34. The molecular formula is C11H21N3. The van der Waals surface area contributed by atoms with Crippen molar-refractivity contribution >= 4 is 0 Å². The van der Waals surface area contributed by atoms with Crippen LogP contribution in [0.15, 0.2) is 0 Å². The van der Waals surface area contributed by atoms with Gasteiger partial charge in [0, 0.05) is 26.2 Å². The third-order valence-corrected chi connectivity index (χ3v) is 3.49. The molecule has 0 bridgehead atoms. The second kappa shape index (κ2) is 4.77. The van der Waals surface area contributed by atoms with Gasteiger partial charge in [0.2, 0.25) is 0 Å². The molecule has 0 amide bonds. The Balaban J connectivity index is 2.66. The fraction of sp³-hybridized carbons (Fsp3) is 0.909. The molecular weight excluding hydrogens is 174 g/mol. The summed E-state index contributed by atoms with van der Waals surface area (Å²) in [5.41, 5.74) is -0.207. The number of likely N-dealkylation sites (N-methyl/N-ethyl adjacent to an activating group) is 1. The molecule has 0 spiro atoms. The number of piperazine rings is 1. The highest BCUT2D eigenvalue weighted by molar-refractivity contribution is 5.07. The van der Waals surface area contributed by atoms with E-state index in [0.29, 0.717) is 0 Å². The van der Waals surface area contributed by atoms with E-state index < -0.39 is 0 Å². The molecule has 3 nitrogen and oxygen atoms in total. The van der Waals surface area contributed by atoms with Gasteiger partial charge in [-0.25, -0.2) is 0 Å². The summed E-state index contributed by atoms with van der Waals surface area (Å²) < 4.78 is 0. The zero-order valence-electron chi connectivity index (χ0n) is 9.58. The molecule has 0 aliphatic carbocycles. The van der Waals surface area contributed by atoms with Gasteiger partial charge >= 0.3 is 0 Å². The maximum absolute atomic E-state index is 9.29. The molecule has 80 valence electrons. The van der Waals surface area contributed by atoms with Crippen molar-refractivity contribution in [2.75, 3.05) is 33.2 Å². The molecule has 0 N–H and O–H groups in total. The molecule has 1 saturated heterocycles. The Morgan fingerprint density at radius 2 is 1.64 bits per heavy atom. The highest BCUT2D eigenvalue weighted by Crippen LogP contribution is 2.24. The van der Waals surface area contributed by atoms with Crippen LogP contribution in [-0.4, -0.2) is 48.6 Å². The molecule has 14 heavy (non-hydrogen) atoms. The van der Waals surface area contributed by atoms with Crippen LogP contribution in [0.4, 0.5) is 0 Å². The molecule has 1 heterocycles. The minimum atomic E-state index is -0.207. The SMILES string of the molecule is CCC(C#N)(CC)N1CCN(C)CC1.